The zero-order chi connectivity index (χ0) is 33.7. The fraction of sp³-hybridized carbons (Fsp3) is 0. The Morgan fingerprint density at radius 2 is 0.438 bits per heavy atom. The van der Waals surface area contributed by atoms with Crippen molar-refractivity contribution in [1.29, 1.82) is 0 Å². The van der Waals surface area contributed by atoms with Crippen LogP contribution in [0.25, 0.3) is 0 Å². The summed E-state index contributed by atoms with van der Waals surface area (Å²) in [5.74, 6) is 0. The van der Waals surface area contributed by atoms with Gasteiger partial charge in [0, 0.05) is 0 Å². The molecule has 244 valence electrons. The summed E-state index contributed by atoms with van der Waals surface area (Å²) in [4.78, 5) is 0. The van der Waals surface area contributed by atoms with Gasteiger partial charge >= 0.3 is 35.0 Å². The van der Waals surface area contributed by atoms with E-state index in [1.807, 2.05) is 30.3 Å². The van der Waals surface area contributed by atoms with Gasteiger partial charge in [0.25, 0.3) is 0 Å². The van der Waals surface area contributed by atoms with Gasteiger partial charge in [0.15, 0.2) is 0 Å². The molecule has 0 nitrogen and oxygen atoms in total. The molecule has 0 amide bonds. The smallest absolute Gasteiger partial charge is 0.0620 e. The van der Waals surface area contributed by atoms with Gasteiger partial charge in [-0.05, 0) is 72.8 Å². The molecule has 0 aliphatic heterocycles. The molecule has 0 saturated heterocycles. The summed E-state index contributed by atoms with van der Waals surface area (Å²) in [5, 5.41) is 8.61. The van der Waals surface area contributed by atoms with Crippen LogP contribution in [0.4, 0.5) is 0 Å². The molecule has 0 heterocycles. The van der Waals surface area contributed by atoms with Gasteiger partial charge in [-0.15, -0.1) is 12.1 Å². The summed E-state index contributed by atoms with van der Waals surface area (Å²) in [6.07, 6.45) is 0. The summed E-state index contributed by atoms with van der Waals surface area (Å²) in [5.41, 5.74) is 1.07. The summed E-state index contributed by atoms with van der Waals surface area (Å²) in [6.45, 7) is 3.72. The summed E-state index contributed by atoms with van der Waals surface area (Å²) in [6, 6.07) is 74.9. The van der Waals surface area contributed by atoms with Crippen molar-refractivity contribution < 1.29 is 15.9 Å². The zero-order valence-corrected chi connectivity index (χ0v) is 31.6. The van der Waals surface area contributed by atoms with Crippen molar-refractivity contribution in [3.8, 4) is 0 Å². The van der Waals surface area contributed by atoms with Crippen molar-refractivity contribution in [2.24, 2.45) is 0 Å². The van der Waals surface area contributed by atoms with Gasteiger partial charge in [0.05, 0.1) is 15.8 Å². The Kier molecular flexibility index (Phi) is 17.3. The molecule has 7 aromatic rings. The molecular weight excluding hydrogens is 756 g/mol. The molecule has 5 heteroatoms. The third kappa shape index (κ3) is 12.5. The Balaban J connectivity index is 0.000000170. The normalized spacial score (nSPS) is 10.1. The fourth-order valence-electron chi connectivity index (χ4n) is 5.11. The fourth-order valence-corrected chi connectivity index (χ4v) is 10.3. The van der Waals surface area contributed by atoms with Crippen LogP contribution in [0.15, 0.2) is 212 Å². The molecule has 0 unspecified atom stereocenters. The average molecular weight is 795 g/mol. The molecular formula is C43H39Cl2P2Pd+. The van der Waals surface area contributed by atoms with Crippen LogP contribution in [0.2, 0.25) is 0 Å². The molecule has 0 spiro atoms. The van der Waals surface area contributed by atoms with Crippen molar-refractivity contribution in [1.82, 2.24) is 0 Å². The van der Waals surface area contributed by atoms with Gasteiger partial charge in [0.2, 0.25) is 0 Å². The second-order valence-corrected chi connectivity index (χ2v) is 17.8. The number of hydrogen-bond acceptors (Lipinski definition) is 0. The first-order chi connectivity index (χ1) is 23.7. The first kappa shape index (κ1) is 37.3. The largest absolute Gasteiger partial charge is 0.102 e. The van der Waals surface area contributed by atoms with E-state index in [9.17, 15) is 0 Å². The Bertz CT molecular complexity index is 1490. The first-order valence-corrected chi connectivity index (χ1v) is 22.5. The minimum atomic E-state index is -0.877. The summed E-state index contributed by atoms with van der Waals surface area (Å²) in [7, 11) is 7.87. The van der Waals surface area contributed by atoms with Gasteiger partial charge in [-0.25, -0.2) is 0 Å². The third-order valence-corrected chi connectivity index (χ3v) is 12.7. The summed E-state index contributed by atoms with van der Waals surface area (Å²) < 4.78 is 0. The molecule has 0 bridgehead atoms. The van der Waals surface area contributed by atoms with E-state index >= 15 is 0 Å². The molecule has 0 radical (unpaired) electrons. The van der Waals surface area contributed by atoms with Gasteiger partial charge in [-0.3, -0.25) is 0 Å². The maximum atomic E-state index is 4.81. The van der Waals surface area contributed by atoms with E-state index < -0.39 is 15.8 Å². The molecule has 0 atom stereocenters. The van der Waals surface area contributed by atoms with E-state index in [-0.39, 0.29) is 15.9 Å². The van der Waals surface area contributed by atoms with Crippen LogP contribution in [-0.2, 0) is 15.9 Å². The maximum Gasteiger partial charge on any atom is 0.102 e. The molecule has 0 aliphatic carbocycles. The molecule has 0 fully saturated rings. The van der Waals surface area contributed by atoms with Gasteiger partial charge in [0.1, 0.15) is 31.8 Å². The monoisotopic (exact) mass is 793 g/mol. The van der Waals surface area contributed by atoms with Crippen molar-refractivity contribution in [3.63, 3.8) is 0 Å². The van der Waals surface area contributed by atoms with Gasteiger partial charge in [-0.1, -0.05) is 115 Å². The minimum absolute atomic E-state index is 0.106. The average Bonchev–Trinajstić information content (AvgIpc) is 3.16. The second-order valence-electron chi connectivity index (χ2n) is 10.5. The van der Waals surface area contributed by atoms with Crippen molar-refractivity contribution in [2.45, 2.75) is 0 Å². The van der Waals surface area contributed by atoms with E-state index in [2.05, 4.69) is 189 Å². The number of rotatable bonds is 6. The van der Waals surface area contributed by atoms with E-state index in [1.165, 1.54) is 31.8 Å². The first-order valence-electron chi connectivity index (χ1n) is 15.5. The van der Waals surface area contributed by atoms with Crippen molar-refractivity contribution in [2.75, 3.05) is 0 Å². The van der Waals surface area contributed by atoms with Crippen LogP contribution in [-0.4, -0.2) is 0 Å². The Hall–Kier alpha value is -3.49. The molecule has 0 saturated carbocycles. The van der Waals surface area contributed by atoms with Gasteiger partial charge in [-0.2, -0.15) is 24.6 Å². The van der Waals surface area contributed by atoms with Crippen LogP contribution in [0.3, 0.4) is 0 Å². The second kappa shape index (κ2) is 22.2. The molecule has 0 aromatic heterocycles. The molecule has 0 aliphatic rings. The van der Waals surface area contributed by atoms with Crippen molar-refractivity contribution in [3.05, 3.63) is 225 Å². The number of hydrogen-bond donors (Lipinski definition) is 0. The third-order valence-electron chi connectivity index (χ3n) is 7.22. The van der Waals surface area contributed by atoms with Crippen LogP contribution in [0.5, 0.6) is 0 Å². The standard InChI is InChI=1S/2C18H15P.C7H7.2ClH.Pd/c2*1-4-10-16(11-5-1)19(17-12-6-2-7-13-17)18-14-8-3-9-15-18;1-7-5-3-2-4-6-7;;;/h2*1-15H;2-6H,1H2;2*1H;/q;;-1;;;+2. The van der Waals surface area contributed by atoms with Crippen LogP contribution >= 0.6 is 34.9 Å². The quantitative estimate of drug-likeness (QED) is 0.0895. The van der Waals surface area contributed by atoms with Crippen LogP contribution in [0.1, 0.15) is 5.56 Å². The maximum absolute atomic E-state index is 4.81. The minimum Gasteiger partial charge on any atom is -0.0620 e. The van der Waals surface area contributed by atoms with Gasteiger partial charge < -0.3 is 0 Å². The topological polar surface area (TPSA) is 0 Å². The van der Waals surface area contributed by atoms with Crippen LogP contribution in [0, 0.1) is 6.92 Å². The SMILES string of the molecule is [CH2-]c1ccccc1.[Cl][Pd][Cl].c1ccc([PH+](c2ccccc2)c2ccccc2)cc1.c1ccc([PH+](c2ccccc2)c2ccccc2)cc1. The van der Waals surface area contributed by atoms with E-state index in [4.69, 9.17) is 19.1 Å². The van der Waals surface area contributed by atoms with Crippen molar-refractivity contribution >= 4 is 66.7 Å². The molecule has 0 N–H and O–H groups in total. The number of benzene rings is 7. The Morgan fingerprint density at radius 1 is 0.292 bits per heavy atom. The van der Waals surface area contributed by atoms with E-state index in [0.717, 1.165) is 5.56 Å². The van der Waals surface area contributed by atoms with Crippen LogP contribution < -0.4 is 31.8 Å². The molecule has 48 heavy (non-hydrogen) atoms. The molecule has 7 aromatic carbocycles. The van der Waals surface area contributed by atoms with E-state index in [0.29, 0.717) is 0 Å². The predicted molar refractivity (Wildman–Crippen MR) is 216 cm³/mol. The zero-order valence-electron chi connectivity index (χ0n) is 26.5. The Morgan fingerprint density at radius 3 is 0.562 bits per heavy atom. The Labute approximate surface area is 305 Å². The predicted octanol–water partition coefficient (Wildman–Crippen LogP) is 9.60. The number of halogens is 2. The molecule has 7 rings (SSSR count). The summed E-state index contributed by atoms with van der Waals surface area (Å²) >= 11 is -0.106. The van der Waals surface area contributed by atoms with E-state index in [1.54, 1.807) is 0 Å².